The molecule has 0 N–H and O–H groups in total. The number of hydrogen-bond donors (Lipinski definition) is 0. The molecule has 2 saturated carbocycles. The molecule has 0 spiro atoms. The molecule has 8 rings (SSSR count). The van der Waals surface area contributed by atoms with Crippen LogP contribution in [0.15, 0.2) is 109 Å². The first-order valence-electron chi connectivity index (χ1n) is 20.6. The van der Waals surface area contributed by atoms with Gasteiger partial charge in [-0.25, -0.2) is 4.79 Å². The van der Waals surface area contributed by atoms with E-state index in [1.807, 2.05) is 98.7 Å². The van der Waals surface area contributed by atoms with E-state index in [-0.39, 0.29) is 37.9 Å². The minimum Gasteiger partial charge on any atom is -0.490 e. The summed E-state index contributed by atoms with van der Waals surface area (Å²) in [5.41, 5.74) is 5.88. The van der Waals surface area contributed by atoms with Crippen molar-refractivity contribution in [1.82, 2.24) is 0 Å². The summed E-state index contributed by atoms with van der Waals surface area (Å²) in [4.78, 5) is 18.4. The Balaban J connectivity index is 1.37. The Hall–Kier alpha value is -4.59. The number of anilines is 2. The van der Waals surface area contributed by atoms with Crippen LogP contribution in [-0.4, -0.2) is 46.4 Å². The molecule has 3 aliphatic rings. The molecule has 0 aromatic heterocycles. The van der Waals surface area contributed by atoms with Crippen molar-refractivity contribution in [2.75, 3.05) is 38.0 Å². The highest BCUT2D eigenvalue weighted by Crippen LogP contribution is 2.54. The maximum absolute atomic E-state index is 14.3. The van der Waals surface area contributed by atoms with Crippen LogP contribution in [0.5, 0.6) is 11.5 Å². The Morgan fingerprint density at radius 2 is 0.900 bits per heavy atom. The molecule has 60 heavy (non-hydrogen) atoms. The first-order valence-corrected chi connectivity index (χ1v) is 22.1. The molecular formula is C50H48Cl4N2O4. The van der Waals surface area contributed by atoms with E-state index in [1.54, 1.807) is 0 Å². The molecule has 6 nitrogen and oxygen atoms in total. The number of cyclic esters (lactones) is 1. The molecule has 2 aliphatic carbocycles. The van der Waals surface area contributed by atoms with Crippen molar-refractivity contribution in [3.8, 4) is 11.5 Å². The van der Waals surface area contributed by atoms with Gasteiger partial charge in [0.25, 0.3) is 0 Å². The molecule has 310 valence electrons. The Labute approximate surface area is 373 Å². The van der Waals surface area contributed by atoms with Gasteiger partial charge < -0.3 is 24.0 Å². The lowest BCUT2D eigenvalue weighted by atomic mass is 9.83. The summed E-state index contributed by atoms with van der Waals surface area (Å²) in [7, 11) is 8.02. The lowest BCUT2D eigenvalue weighted by Gasteiger charge is -2.27. The number of carbonyl (C=O) groups excluding carboxylic acids is 1. The molecule has 0 radical (unpaired) electrons. The zero-order chi connectivity index (χ0) is 42.1. The normalized spacial score (nSPS) is 18.4. The van der Waals surface area contributed by atoms with Crippen LogP contribution in [0.4, 0.5) is 11.4 Å². The molecule has 0 unspecified atom stereocenters. The van der Waals surface area contributed by atoms with Crippen LogP contribution < -0.4 is 19.3 Å². The average molecular weight is 883 g/mol. The number of halogens is 4. The highest BCUT2D eigenvalue weighted by molar-refractivity contribution is 6.53. The third-order valence-corrected chi connectivity index (χ3v) is 13.6. The van der Waals surface area contributed by atoms with Crippen molar-refractivity contribution < 1.29 is 19.0 Å². The molecule has 5 aromatic carbocycles. The van der Waals surface area contributed by atoms with Gasteiger partial charge in [0.2, 0.25) is 0 Å². The third kappa shape index (κ3) is 8.63. The molecule has 5 aromatic rings. The summed E-state index contributed by atoms with van der Waals surface area (Å²) in [6.07, 6.45) is 13.2. The van der Waals surface area contributed by atoms with E-state index in [2.05, 4.69) is 48.5 Å². The zero-order valence-electron chi connectivity index (χ0n) is 34.2. The topological polar surface area (TPSA) is 51.2 Å². The minimum absolute atomic E-state index is 0.0162. The summed E-state index contributed by atoms with van der Waals surface area (Å²) in [5, 5.41) is 0.0645. The van der Waals surface area contributed by atoms with Crippen LogP contribution >= 0.6 is 46.4 Å². The van der Waals surface area contributed by atoms with Gasteiger partial charge in [-0.15, -0.1) is 0 Å². The summed E-state index contributed by atoms with van der Waals surface area (Å²) < 4.78 is 19.4. The van der Waals surface area contributed by atoms with Crippen LogP contribution in [0, 0.1) is 0 Å². The number of ether oxygens (including phenoxy) is 3. The second-order valence-electron chi connectivity index (χ2n) is 16.3. The lowest BCUT2D eigenvalue weighted by Crippen LogP contribution is -2.23. The van der Waals surface area contributed by atoms with Gasteiger partial charge in [-0.1, -0.05) is 94.9 Å². The van der Waals surface area contributed by atoms with Crippen LogP contribution in [0.2, 0.25) is 20.1 Å². The molecule has 1 aliphatic heterocycles. The van der Waals surface area contributed by atoms with E-state index in [0.717, 1.165) is 82.0 Å². The van der Waals surface area contributed by atoms with Gasteiger partial charge in [0.05, 0.1) is 37.9 Å². The molecule has 0 atom stereocenters. The average Bonchev–Trinajstić information content (AvgIpc) is 4.03. The zero-order valence-corrected chi connectivity index (χ0v) is 37.3. The number of esters is 1. The van der Waals surface area contributed by atoms with Crippen molar-refractivity contribution >= 4 is 74.9 Å². The SMILES string of the molecule is CN(C)c1ccc(C(=CC2(C=C(c3ccc(OC4CCCC4)cc3)c3ccc(N(C)C)cc3)OC(=O)c3c(Cl)c(Cl)c(Cl)c(Cl)c32)c2ccc(OC3CCCC3)cc2)cc1. The largest absolute Gasteiger partial charge is 0.490 e. The number of carbonyl (C=O) groups is 1. The van der Waals surface area contributed by atoms with E-state index < -0.39 is 11.6 Å². The maximum atomic E-state index is 14.3. The second-order valence-corrected chi connectivity index (χ2v) is 17.8. The molecule has 10 heteroatoms. The van der Waals surface area contributed by atoms with Gasteiger partial charge in [0, 0.05) is 45.1 Å². The van der Waals surface area contributed by atoms with Crippen molar-refractivity contribution in [2.45, 2.75) is 69.2 Å². The maximum Gasteiger partial charge on any atom is 0.341 e. The predicted octanol–water partition coefficient (Wildman–Crippen LogP) is 13.7. The van der Waals surface area contributed by atoms with E-state index in [1.165, 1.54) is 25.7 Å². The smallest absolute Gasteiger partial charge is 0.341 e. The number of benzene rings is 5. The molecule has 2 fully saturated rings. The highest BCUT2D eigenvalue weighted by Gasteiger charge is 2.48. The Kier molecular flexibility index (Phi) is 12.5. The minimum atomic E-state index is -1.63. The summed E-state index contributed by atoms with van der Waals surface area (Å²) in [6.45, 7) is 0. The van der Waals surface area contributed by atoms with Crippen molar-refractivity contribution in [3.63, 3.8) is 0 Å². The van der Waals surface area contributed by atoms with E-state index in [9.17, 15) is 4.79 Å². The van der Waals surface area contributed by atoms with Crippen molar-refractivity contribution in [3.05, 3.63) is 163 Å². The number of nitrogens with zero attached hydrogens (tertiary/aromatic N) is 2. The number of fused-ring (bicyclic) bond motifs is 1. The van der Waals surface area contributed by atoms with Crippen molar-refractivity contribution in [1.29, 1.82) is 0 Å². The monoisotopic (exact) mass is 880 g/mol. The fraction of sp³-hybridized carbons (Fsp3) is 0.300. The first kappa shape index (κ1) is 42.1. The lowest BCUT2D eigenvalue weighted by molar-refractivity contribution is 0.0300. The second kappa shape index (κ2) is 17.8. The van der Waals surface area contributed by atoms with E-state index >= 15 is 0 Å². The van der Waals surface area contributed by atoms with Gasteiger partial charge in [-0.2, -0.15) is 0 Å². The van der Waals surface area contributed by atoms with Crippen LogP contribution in [0.1, 0.15) is 89.5 Å². The molecule has 0 bridgehead atoms. The van der Waals surface area contributed by atoms with Crippen molar-refractivity contribution in [2.24, 2.45) is 0 Å². The van der Waals surface area contributed by atoms with E-state index in [0.29, 0.717) is 5.56 Å². The van der Waals surface area contributed by atoms with Crippen LogP contribution in [0.3, 0.4) is 0 Å². The summed E-state index contributed by atoms with van der Waals surface area (Å²) >= 11 is 27.6. The van der Waals surface area contributed by atoms with Gasteiger partial charge >= 0.3 is 5.97 Å². The van der Waals surface area contributed by atoms with Gasteiger partial charge in [0.15, 0.2) is 5.60 Å². The number of hydrogen-bond acceptors (Lipinski definition) is 6. The third-order valence-electron chi connectivity index (χ3n) is 11.8. The molecule has 1 heterocycles. The standard InChI is InChI=1S/C50H48Cl4N2O4/c1-55(2)35-21-13-31(14-22-35)41(33-17-25-39(26-18-33)58-37-9-5-6-10-37)29-50(44-43(49(57)60-50)45(51)47(53)48(54)46(44)52)30-42(32-15-23-36(24-16-32)56(3)4)34-19-27-40(28-20-34)59-38-11-7-8-12-38/h13-30,37-38H,5-12H2,1-4H3. The van der Waals surface area contributed by atoms with Crippen LogP contribution in [-0.2, 0) is 10.3 Å². The predicted molar refractivity (Wildman–Crippen MR) is 248 cm³/mol. The fourth-order valence-corrected chi connectivity index (χ4v) is 9.57. The Morgan fingerprint density at radius 3 is 1.27 bits per heavy atom. The van der Waals surface area contributed by atoms with Gasteiger partial charge in [-0.3, -0.25) is 0 Å². The summed E-state index contributed by atoms with van der Waals surface area (Å²) in [6, 6.07) is 32.7. The van der Waals surface area contributed by atoms with Gasteiger partial charge in [-0.05, 0) is 145 Å². The summed E-state index contributed by atoms with van der Waals surface area (Å²) in [5.74, 6) is 0.939. The molecular weight excluding hydrogens is 834 g/mol. The quantitative estimate of drug-likeness (QED) is 0.0707. The van der Waals surface area contributed by atoms with E-state index in [4.69, 9.17) is 60.6 Å². The first-order chi connectivity index (χ1) is 28.9. The van der Waals surface area contributed by atoms with Crippen LogP contribution in [0.25, 0.3) is 11.1 Å². The Bertz CT molecular complexity index is 2290. The van der Waals surface area contributed by atoms with Gasteiger partial charge in [0.1, 0.15) is 11.5 Å². The Morgan fingerprint density at radius 1 is 0.550 bits per heavy atom. The fourth-order valence-electron chi connectivity index (χ4n) is 8.49. The highest BCUT2D eigenvalue weighted by atomic mass is 35.5. The number of rotatable bonds is 12. The molecule has 0 saturated heterocycles. The molecule has 0 amide bonds.